The quantitative estimate of drug-likeness (QED) is 0.877. The van der Waals surface area contributed by atoms with E-state index in [-0.39, 0.29) is 0 Å². The van der Waals surface area contributed by atoms with Crippen molar-refractivity contribution in [3.63, 3.8) is 0 Å². The fourth-order valence-electron chi connectivity index (χ4n) is 4.02. The van der Waals surface area contributed by atoms with Crippen molar-refractivity contribution in [1.82, 2.24) is 4.57 Å². The molecule has 1 aromatic carbocycles. The number of nitrogens with zero attached hydrogens (tertiary/aromatic N) is 1. The average Bonchev–Trinajstić information content (AvgIpc) is 2.81. The third-order valence-electron chi connectivity index (χ3n) is 5.33. The normalized spacial score (nSPS) is 24.9. The fraction of sp³-hybridized carbons (Fsp3) is 0.529. The number of para-hydroxylation sites is 1. The summed E-state index contributed by atoms with van der Waals surface area (Å²) in [4.78, 5) is 0. The molecule has 0 radical (unpaired) electrons. The zero-order valence-electron chi connectivity index (χ0n) is 12.5. The van der Waals surface area contributed by atoms with E-state index in [0.29, 0.717) is 11.3 Å². The third-order valence-corrected chi connectivity index (χ3v) is 5.33. The van der Waals surface area contributed by atoms with Crippen LogP contribution in [-0.4, -0.2) is 11.1 Å². The molecule has 3 rings (SSSR count). The van der Waals surface area contributed by atoms with Gasteiger partial charge in [0.05, 0.1) is 6.54 Å². The Hall–Kier alpha value is -1.28. The van der Waals surface area contributed by atoms with Crippen LogP contribution in [-0.2, 0) is 7.05 Å². The van der Waals surface area contributed by atoms with Crippen molar-refractivity contribution in [1.29, 1.82) is 0 Å². The van der Waals surface area contributed by atoms with Crippen LogP contribution in [0, 0.1) is 18.3 Å². The zero-order chi connectivity index (χ0) is 13.8. The number of rotatable bonds is 3. The summed E-state index contributed by atoms with van der Waals surface area (Å²) < 4.78 is 2.35. The van der Waals surface area contributed by atoms with Crippen molar-refractivity contribution < 1.29 is 5.73 Å². The third kappa shape index (κ3) is 1.66. The smallest absolute Gasteiger partial charge is 0.0742 e. The van der Waals surface area contributed by atoms with Gasteiger partial charge in [-0.2, -0.15) is 0 Å². The van der Waals surface area contributed by atoms with E-state index >= 15 is 0 Å². The van der Waals surface area contributed by atoms with Gasteiger partial charge in [-0.25, -0.2) is 0 Å². The molecule has 0 amide bonds. The molecule has 1 aliphatic carbocycles. The molecule has 1 aromatic heterocycles. The number of aryl methyl sites for hydroxylation is 1. The minimum absolute atomic E-state index is 0.437. The van der Waals surface area contributed by atoms with E-state index in [9.17, 15) is 0 Å². The van der Waals surface area contributed by atoms with Gasteiger partial charge in [0, 0.05) is 30.1 Å². The van der Waals surface area contributed by atoms with Gasteiger partial charge >= 0.3 is 0 Å². The molecular weight excluding hydrogens is 232 g/mol. The van der Waals surface area contributed by atoms with Gasteiger partial charge < -0.3 is 10.3 Å². The second-order valence-electron chi connectivity index (χ2n) is 6.62. The molecule has 2 aromatic rings. The molecule has 2 nitrogen and oxygen atoms in total. The molecule has 0 aliphatic heterocycles. The van der Waals surface area contributed by atoms with E-state index in [0.717, 1.165) is 12.5 Å². The molecule has 0 bridgehead atoms. The lowest BCUT2D eigenvalue weighted by Crippen LogP contribution is -2.50. The Morgan fingerprint density at radius 2 is 1.95 bits per heavy atom. The molecule has 3 N–H and O–H groups in total. The van der Waals surface area contributed by atoms with Crippen LogP contribution in [0.4, 0.5) is 0 Å². The summed E-state index contributed by atoms with van der Waals surface area (Å²) in [5.41, 5.74) is 8.87. The summed E-state index contributed by atoms with van der Waals surface area (Å²) in [6.45, 7) is 8.15. The molecule has 1 saturated carbocycles. The van der Waals surface area contributed by atoms with E-state index in [1.807, 2.05) is 0 Å². The molecule has 0 spiro atoms. The van der Waals surface area contributed by atoms with Gasteiger partial charge in [-0.15, -0.1) is 0 Å². The van der Waals surface area contributed by atoms with Crippen molar-refractivity contribution in [2.24, 2.45) is 18.4 Å². The largest absolute Gasteiger partial charge is 0.358 e. The molecule has 1 fully saturated rings. The number of aromatic nitrogens is 1. The first-order chi connectivity index (χ1) is 9.00. The van der Waals surface area contributed by atoms with Crippen LogP contribution in [0.5, 0.6) is 0 Å². The Kier molecular flexibility index (Phi) is 2.75. The van der Waals surface area contributed by atoms with Crippen LogP contribution in [0.25, 0.3) is 10.9 Å². The first-order valence-electron chi connectivity index (χ1n) is 7.33. The summed E-state index contributed by atoms with van der Waals surface area (Å²) in [6.07, 6.45) is 1.25. The van der Waals surface area contributed by atoms with E-state index < -0.39 is 0 Å². The highest BCUT2D eigenvalue weighted by Gasteiger charge is 2.58. The summed E-state index contributed by atoms with van der Waals surface area (Å²) in [5, 5.41) is 1.45. The zero-order valence-corrected chi connectivity index (χ0v) is 12.5. The van der Waals surface area contributed by atoms with E-state index in [1.54, 1.807) is 5.56 Å². The lowest BCUT2D eigenvalue weighted by atomic mass is 10.0. The topological polar surface area (TPSA) is 32.6 Å². The summed E-state index contributed by atoms with van der Waals surface area (Å²) >= 11 is 0. The van der Waals surface area contributed by atoms with Crippen molar-refractivity contribution in [3.8, 4) is 0 Å². The van der Waals surface area contributed by atoms with Gasteiger partial charge in [-0.3, -0.25) is 0 Å². The summed E-state index contributed by atoms with van der Waals surface area (Å²) in [7, 11) is 2.19. The van der Waals surface area contributed by atoms with E-state index in [2.05, 4.69) is 62.4 Å². The maximum Gasteiger partial charge on any atom is 0.0742 e. The Bertz CT molecular complexity index is 621. The van der Waals surface area contributed by atoms with Gasteiger partial charge in [-0.05, 0) is 35.8 Å². The van der Waals surface area contributed by atoms with Crippen LogP contribution in [0.2, 0.25) is 0 Å². The van der Waals surface area contributed by atoms with Gasteiger partial charge in [0.15, 0.2) is 0 Å². The Morgan fingerprint density at radius 3 is 2.63 bits per heavy atom. The van der Waals surface area contributed by atoms with E-state index in [4.69, 9.17) is 0 Å². The molecule has 102 valence electrons. The molecule has 0 unspecified atom stereocenters. The molecule has 2 heteroatoms. The number of hydrogen-bond acceptors (Lipinski definition) is 0. The Morgan fingerprint density at radius 1 is 1.26 bits per heavy atom. The monoisotopic (exact) mass is 257 g/mol. The van der Waals surface area contributed by atoms with Crippen LogP contribution in [0.15, 0.2) is 24.3 Å². The van der Waals surface area contributed by atoms with Crippen molar-refractivity contribution in [2.75, 3.05) is 6.54 Å². The maximum absolute atomic E-state index is 4.04. The van der Waals surface area contributed by atoms with Crippen LogP contribution in [0.1, 0.15) is 37.4 Å². The number of fused-ring (bicyclic) bond motifs is 1. The average molecular weight is 257 g/mol. The number of benzene rings is 1. The predicted molar refractivity (Wildman–Crippen MR) is 80.0 cm³/mol. The lowest BCUT2D eigenvalue weighted by molar-refractivity contribution is -0.369. The fourth-order valence-corrected chi connectivity index (χ4v) is 4.02. The second kappa shape index (κ2) is 4.11. The summed E-state index contributed by atoms with van der Waals surface area (Å²) in [5.74, 6) is 1.51. The van der Waals surface area contributed by atoms with Crippen molar-refractivity contribution in [2.45, 2.75) is 33.1 Å². The second-order valence-corrected chi connectivity index (χ2v) is 6.62. The highest BCUT2D eigenvalue weighted by molar-refractivity contribution is 5.86. The molecule has 1 aliphatic rings. The van der Waals surface area contributed by atoms with Gasteiger partial charge in [0.2, 0.25) is 0 Å². The lowest BCUT2D eigenvalue weighted by Gasteiger charge is -2.04. The molecule has 1 heterocycles. The molecule has 0 saturated heterocycles. The number of hydrogen-bond donors (Lipinski definition) is 1. The first kappa shape index (κ1) is 12.7. The van der Waals surface area contributed by atoms with Crippen molar-refractivity contribution >= 4 is 10.9 Å². The first-order valence-corrected chi connectivity index (χ1v) is 7.33. The highest BCUT2D eigenvalue weighted by Crippen LogP contribution is 2.67. The van der Waals surface area contributed by atoms with Gasteiger partial charge in [-0.1, -0.05) is 32.0 Å². The minimum Gasteiger partial charge on any atom is -0.358 e. The van der Waals surface area contributed by atoms with Crippen molar-refractivity contribution in [3.05, 3.63) is 35.5 Å². The molecular formula is C17H25N2+. The minimum atomic E-state index is 0.437. The highest BCUT2D eigenvalue weighted by atomic mass is 15.0. The maximum atomic E-state index is 4.04. The van der Waals surface area contributed by atoms with Gasteiger partial charge in [0.1, 0.15) is 0 Å². The summed E-state index contributed by atoms with van der Waals surface area (Å²) in [6, 6.07) is 8.82. The van der Waals surface area contributed by atoms with Crippen LogP contribution in [0.3, 0.4) is 0 Å². The Balaban J connectivity index is 2.14. The Labute approximate surface area is 115 Å². The van der Waals surface area contributed by atoms with E-state index in [1.165, 1.54) is 23.0 Å². The number of quaternary nitrogens is 1. The molecule has 2 atom stereocenters. The predicted octanol–water partition coefficient (Wildman–Crippen LogP) is 2.86. The SMILES string of the molecule is Cc1c([C@H]2[C@@H](CC[NH3+])C2(C)C)c2ccccc2n1C. The van der Waals surface area contributed by atoms with Gasteiger partial charge in [0.25, 0.3) is 0 Å². The molecule has 19 heavy (non-hydrogen) atoms. The van der Waals surface area contributed by atoms with Crippen LogP contribution >= 0.6 is 0 Å². The van der Waals surface area contributed by atoms with Crippen LogP contribution < -0.4 is 5.73 Å². The standard InChI is InChI=1S/C17H24N2/c1-11-15(16-13(9-10-18)17(16,2)3)12-7-5-6-8-14(12)19(11)4/h5-8,13,16H,9-10,18H2,1-4H3/p+1/t13-,16-/m1/s1.